The zero-order valence-electron chi connectivity index (χ0n) is 25.4. The van der Waals surface area contributed by atoms with Gasteiger partial charge in [-0.1, -0.05) is 200 Å². The summed E-state index contributed by atoms with van der Waals surface area (Å²) in [5.41, 5.74) is 2.60. The molecule has 0 radical (unpaired) electrons. The van der Waals surface area contributed by atoms with Gasteiger partial charge in [-0.15, -0.1) is 0 Å². The lowest BCUT2D eigenvalue weighted by Gasteiger charge is -2.14. The zero-order valence-corrected chi connectivity index (χ0v) is 25.4. The molecule has 218 valence electrons. The summed E-state index contributed by atoms with van der Waals surface area (Å²) in [6.45, 7) is 4.59. The molecule has 0 aromatic rings. The summed E-state index contributed by atoms with van der Waals surface area (Å²) in [6, 6.07) is 0.323. The number of nitrogens with one attached hydrogen (secondary N) is 1. The smallest absolute Gasteiger partial charge is 0.0319 e. The molecule has 0 fully saturated rings. The van der Waals surface area contributed by atoms with Crippen molar-refractivity contribution < 1.29 is 5.21 Å². The lowest BCUT2D eigenvalue weighted by atomic mass is 10.00. The van der Waals surface area contributed by atoms with Gasteiger partial charge < -0.3 is 5.21 Å². The van der Waals surface area contributed by atoms with Crippen LogP contribution in [0.15, 0.2) is 0 Å². The number of hydrogen-bond donors (Lipinski definition) is 2. The van der Waals surface area contributed by atoms with Gasteiger partial charge in [0.25, 0.3) is 0 Å². The molecular weight excluding hydrogens is 438 g/mol. The fourth-order valence-electron chi connectivity index (χ4n) is 5.62. The minimum atomic E-state index is 0.323. The highest BCUT2D eigenvalue weighted by molar-refractivity contribution is 4.63. The van der Waals surface area contributed by atoms with E-state index >= 15 is 0 Å². The maximum absolute atomic E-state index is 9.50. The Morgan fingerprint density at radius 2 is 0.528 bits per heavy atom. The van der Waals surface area contributed by atoms with Crippen LogP contribution in [0, 0.1) is 0 Å². The topological polar surface area (TPSA) is 32.3 Å². The van der Waals surface area contributed by atoms with Gasteiger partial charge in [-0.2, -0.15) is 0 Å². The SMILES string of the molecule is CCCCCCCCCCCCCCCCCC(CCCCCCCCCCCCCCCC)NO. The first kappa shape index (κ1) is 35.9. The lowest BCUT2D eigenvalue weighted by molar-refractivity contribution is 0.114. The van der Waals surface area contributed by atoms with Crippen LogP contribution in [-0.4, -0.2) is 11.2 Å². The van der Waals surface area contributed by atoms with Gasteiger partial charge >= 0.3 is 0 Å². The first-order valence-corrected chi connectivity index (χ1v) is 17.2. The van der Waals surface area contributed by atoms with Crippen LogP contribution in [-0.2, 0) is 0 Å². The van der Waals surface area contributed by atoms with E-state index in [1.165, 1.54) is 186 Å². The molecule has 0 aromatic heterocycles. The highest BCUT2D eigenvalue weighted by Gasteiger charge is 2.06. The third kappa shape index (κ3) is 30.1. The lowest BCUT2D eigenvalue weighted by Crippen LogP contribution is -2.25. The molecule has 0 spiro atoms. The average Bonchev–Trinajstić information content (AvgIpc) is 2.89. The van der Waals surface area contributed by atoms with E-state index in [1.54, 1.807) is 0 Å². The van der Waals surface area contributed by atoms with Crippen molar-refractivity contribution in [1.29, 1.82) is 0 Å². The summed E-state index contributed by atoms with van der Waals surface area (Å²) in [7, 11) is 0. The van der Waals surface area contributed by atoms with Crippen LogP contribution in [0.25, 0.3) is 0 Å². The summed E-state index contributed by atoms with van der Waals surface area (Å²) in [5, 5.41) is 9.50. The molecule has 0 saturated heterocycles. The molecule has 0 rings (SSSR count). The normalized spacial score (nSPS) is 12.4. The Morgan fingerprint density at radius 3 is 0.722 bits per heavy atom. The van der Waals surface area contributed by atoms with Gasteiger partial charge in [0.15, 0.2) is 0 Å². The Morgan fingerprint density at radius 1 is 0.333 bits per heavy atom. The number of rotatable bonds is 32. The summed E-state index contributed by atoms with van der Waals surface area (Å²) >= 11 is 0. The van der Waals surface area contributed by atoms with Crippen LogP contribution in [0.3, 0.4) is 0 Å². The second-order valence-corrected chi connectivity index (χ2v) is 11.9. The van der Waals surface area contributed by atoms with Gasteiger partial charge in [-0.05, 0) is 12.8 Å². The summed E-state index contributed by atoms with van der Waals surface area (Å²) in [6.07, 6.45) is 43.3. The van der Waals surface area contributed by atoms with E-state index in [1.807, 2.05) is 0 Å². The molecule has 0 aliphatic rings. The van der Waals surface area contributed by atoms with Gasteiger partial charge in [0.05, 0.1) is 0 Å². The molecule has 2 N–H and O–H groups in total. The third-order valence-corrected chi connectivity index (χ3v) is 8.24. The van der Waals surface area contributed by atoms with Crippen molar-refractivity contribution in [3.8, 4) is 0 Å². The standard InChI is InChI=1S/C34H71NO/c1-3-5-7-9-11-13-15-17-19-21-23-25-27-29-31-33-34(35-36)32-30-28-26-24-22-20-18-16-14-12-10-8-6-4-2/h34-36H,3-33H2,1-2H3. The Bertz CT molecular complexity index is 372. The number of hydroxylamine groups is 1. The largest absolute Gasteiger partial charge is 0.317 e. The molecule has 1 atom stereocenters. The molecule has 0 heterocycles. The molecule has 0 aliphatic heterocycles. The highest BCUT2D eigenvalue weighted by atomic mass is 16.5. The highest BCUT2D eigenvalue weighted by Crippen LogP contribution is 2.17. The molecule has 0 amide bonds. The van der Waals surface area contributed by atoms with Crippen molar-refractivity contribution in [2.24, 2.45) is 0 Å². The molecule has 36 heavy (non-hydrogen) atoms. The predicted octanol–water partition coefficient (Wildman–Crippen LogP) is 12.5. The molecule has 2 nitrogen and oxygen atoms in total. The maximum atomic E-state index is 9.50. The first-order chi connectivity index (χ1) is 17.8. The molecule has 0 bridgehead atoms. The monoisotopic (exact) mass is 510 g/mol. The molecule has 0 saturated carbocycles. The molecule has 1 unspecified atom stereocenters. The third-order valence-electron chi connectivity index (χ3n) is 8.24. The average molecular weight is 510 g/mol. The fourth-order valence-corrected chi connectivity index (χ4v) is 5.62. The van der Waals surface area contributed by atoms with Crippen LogP contribution in [0.4, 0.5) is 0 Å². The van der Waals surface area contributed by atoms with Crippen molar-refractivity contribution in [2.45, 2.75) is 219 Å². The second-order valence-electron chi connectivity index (χ2n) is 11.9. The van der Waals surface area contributed by atoms with Gasteiger partial charge in [-0.25, -0.2) is 5.48 Å². The molecule has 0 aromatic carbocycles. The van der Waals surface area contributed by atoms with Crippen molar-refractivity contribution in [3.63, 3.8) is 0 Å². The Hall–Kier alpha value is -0.0800. The summed E-state index contributed by atoms with van der Waals surface area (Å²) < 4.78 is 0. The Labute approximate surface area is 229 Å². The summed E-state index contributed by atoms with van der Waals surface area (Å²) in [4.78, 5) is 0. The van der Waals surface area contributed by atoms with Crippen LogP contribution in [0.1, 0.15) is 213 Å². The van der Waals surface area contributed by atoms with Gasteiger partial charge in [-0.3, -0.25) is 0 Å². The Balaban J connectivity index is 3.25. The van der Waals surface area contributed by atoms with Gasteiger partial charge in [0.1, 0.15) is 0 Å². The van der Waals surface area contributed by atoms with E-state index in [2.05, 4.69) is 19.3 Å². The minimum absolute atomic E-state index is 0.323. The van der Waals surface area contributed by atoms with E-state index < -0.39 is 0 Å². The van der Waals surface area contributed by atoms with Crippen molar-refractivity contribution in [1.82, 2.24) is 5.48 Å². The number of hydrogen-bond acceptors (Lipinski definition) is 2. The van der Waals surface area contributed by atoms with E-state index in [9.17, 15) is 5.21 Å². The summed E-state index contributed by atoms with van der Waals surface area (Å²) in [5.74, 6) is 0. The second kappa shape index (κ2) is 32.9. The molecule has 0 aliphatic carbocycles. The van der Waals surface area contributed by atoms with Gasteiger partial charge in [0, 0.05) is 6.04 Å². The molecule has 2 heteroatoms. The van der Waals surface area contributed by atoms with Crippen LogP contribution in [0.5, 0.6) is 0 Å². The van der Waals surface area contributed by atoms with E-state index in [4.69, 9.17) is 0 Å². The van der Waals surface area contributed by atoms with Crippen molar-refractivity contribution >= 4 is 0 Å². The van der Waals surface area contributed by atoms with Crippen molar-refractivity contribution in [2.75, 3.05) is 0 Å². The fraction of sp³-hybridized carbons (Fsp3) is 1.00. The van der Waals surface area contributed by atoms with Crippen LogP contribution >= 0.6 is 0 Å². The van der Waals surface area contributed by atoms with Gasteiger partial charge in [0.2, 0.25) is 0 Å². The molecular formula is C34H71NO. The first-order valence-electron chi connectivity index (χ1n) is 17.2. The zero-order chi connectivity index (χ0) is 26.2. The predicted molar refractivity (Wildman–Crippen MR) is 163 cm³/mol. The maximum Gasteiger partial charge on any atom is 0.0319 e. The quantitative estimate of drug-likeness (QED) is 0.0697. The van der Waals surface area contributed by atoms with E-state index in [-0.39, 0.29) is 0 Å². The van der Waals surface area contributed by atoms with E-state index in [0.29, 0.717) is 6.04 Å². The van der Waals surface area contributed by atoms with Crippen molar-refractivity contribution in [3.05, 3.63) is 0 Å². The Kier molecular flexibility index (Phi) is 32.9. The van der Waals surface area contributed by atoms with Crippen LogP contribution < -0.4 is 5.48 Å². The minimum Gasteiger partial charge on any atom is -0.317 e. The van der Waals surface area contributed by atoms with E-state index in [0.717, 1.165) is 12.8 Å². The van der Waals surface area contributed by atoms with Crippen LogP contribution in [0.2, 0.25) is 0 Å². The number of unbranched alkanes of at least 4 members (excludes halogenated alkanes) is 27.